The van der Waals surface area contributed by atoms with Gasteiger partial charge in [-0.2, -0.15) is 0 Å². The van der Waals surface area contributed by atoms with E-state index in [-0.39, 0.29) is 0 Å². The minimum Gasteiger partial charge on any atom is -0.496 e. The molecule has 3 rings (SSSR count). The van der Waals surface area contributed by atoms with Crippen molar-refractivity contribution < 1.29 is 9.53 Å². The Hall–Kier alpha value is -2.36. The molecule has 3 aromatic rings. The number of hydrogen-bond donors (Lipinski definition) is 0. The van der Waals surface area contributed by atoms with E-state index in [9.17, 15) is 4.79 Å². The smallest absolute Gasteiger partial charge is 0.168 e. The molecule has 4 nitrogen and oxygen atoms in total. The number of pyridine rings is 1. The van der Waals surface area contributed by atoms with Gasteiger partial charge < -0.3 is 4.74 Å². The average molecular weight is 226 g/mol. The highest BCUT2D eigenvalue weighted by Crippen LogP contribution is 2.28. The molecule has 0 amide bonds. The minimum absolute atomic E-state index is 0.535. The zero-order valence-corrected chi connectivity index (χ0v) is 9.25. The molecule has 0 saturated heterocycles. The fourth-order valence-corrected chi connectivity index (χ4v) is 2.05. The summed E-state index contributed by atoms with van der Waals surface area (Å²) < 4.78 is 7.10. The number of aromatic nitrogens is 2. The Morgan fingerprint density at radius 1 is 1.35 bits per heavy atom. The van der Waals surface area contributed by atoms with Crippen LogP contribution in [-0.4, -0.2) is 22.8 Å². The van der Waals surface area contributed by atoms with Gasteiger partial charge in [-0.15, -0.1) is 0 Å². The Bertz CT molecular complexity index is 716. The van der Waals surface area contributed by atoms with Crippen LogP contribution in [0.2, 0.25) is 0 Å². The Morgan fingerprint density at radius 3 is 3.00 bits per heavy atom. The van der Waals surface area contributed by atoms with Crippen molar-refractivity contribution >= 4 is 22.7 Å². The van der Waals surface area contributed by atoms with Crippen LogP contribution in [0.25, 0.3) is 16.4 Å². The summed E-state index contributed by atoms with van der Waals surface area (Å²) in [7, 11) is 1.63. The summed E-state index contributed by atoms with van der Waals surface area (Å²) in [4.78, 5) is 15.2. The first-order valence-corrected chi connectivity index (χ1v) is 5.23. The molecule has 0 aliphatic rings. The van der Waals surface area contributed by atoms with E-state index in [0.717, 1.165) is 28.5 Å². The van der Waals surface area contributed by atoms with Gasteiger partial charge in [0.1, 0.15) is 17.1 Å². The first-order chi connectivity index (χ1) is 8.35. The van der Waals surface area contributed by atoms with Crippen LogP contribution in [0.4, 0.5) is 0 Å². The van der Waals surface area contributed by atoms with Crippen LogP contribution in [0.1, 0.15) is 10.5 Å². The Balaban J connectivity index is 2.53. The fraction of sp³-hybridized carbons (Fsp3) is 0.0769. The Morgan fingerprint density at radius 2 is 2.24 bits per heavy atom. The molecule has 0 spiro atoms. The number of rotatable bonds is 2. The molecule has 84 valence electrons. The lowest BCUT2D eigenvalue weighted by Gasteiger charge is -2.06. The average Bonchev–Trinajstić information content (AvgIpc) is 2.80. The molecule has 1 aromatic carbocycles. The molecule has 0 N–H and O–H groups in total. The van der Waals surface area contributed by atoms with E-state index in [4.69, 9.17) is 4.74 Å². The van der Waals surface area contributed by atoms with E-state index >= 15 is 0 Å². The fourth-order valence-electron chi connectivity index (χ4n) is 2.05. The summed E-state index contributed by atoms with van der Waals surface area (Å²) in [5, 5.41) is 1.96. The predicted molar refractivity (Wildman–Crippen MR) is 64.6 cm³/mol. The molecule has 0 unspecified atom stereocenters. The van der Waals surface area contributed by atoms with Crippen molar-refractivity contribution in [1.82, 2.24) is 9.38 Å². The lowest BCUT2D eigenvalue weighted by Crippen LogP contribution is -1.93. The molecule has 17 heavy (non-hydrogen) atoms. The van der Waals surface area contributed by atoms with Crippen LogP contribution < -0.4 is 4.74 Å². The third-order valence-corrected chi connectivity index (χ3v) is 2.85. The van der Waals surface area contributed by atoms with Gasteiger partial charge in [0.25, 0.3) is 0 Å². The van der Waals surface area contributed by atoms with Gasteiger partial charge in [0.15, 0.2) is 6.29 Å². The third kappa shape index (κ3) is 1.30. The third-order valence-electron chi connectivity index (χ3n) is 2.85. The van der Waals surface area contributed by atoms with Crippen molar-refractivity contribution in [2.24, 2.45) is 0 Å². The van der Waals surface area contributed by atoms with E-state index in [2.05, 4.69) is 4.98 Å². The highest BCUT2D eigenvalue weighted by Gasteiger charge is 2.09. The van der Waals surface area contributed by atoms with E-state index in [1.54, 1.807) is 17.7 Å². The van der Waals surface area contributed by atoms with Crippen molar-refractivity contribution in [3.63, 3.8) is 0 Å². The molecular formula is C13H10N2O2. The SMILES string of the molecule is COc1cccc2ccn3c(C=O)cnc3c12. The number of hydrogen-bond acceptors (Lipinski definition) is 3. The van der Waals surface area contributed by atoms with Crippen LogP contribution in [0.3, 0.4) is 0 Å². The number of imidazole rings is 1. The van der Waals surface area contributed by atoms with E-state index < -0.39 is 0 Å². The predicted octanol–water partition coefficient (Wildman–Crippen LogP) is 2.31. The van der Waals surface area contributed by atoms with Crippen molar-refractivity contribution in [3.05, 3.63) is 42.4 Å². The van der Waals surface area contributed by atoms with Crippen LogP contribution in [-0.2, 0) is 0 Å². The van der Waals surface area contributed by atoms with Crippen molar-refractivity contribution in [2.75, 3.05) is 7.11 Å². The zero-order valence-electron chi connectivity index (χ0n) is 9.25. The Labute approximate surface area is 97.5 Å². The standard InChI is InChI=1S/C13H10N2O2/c1-17-11-4-2-3-9-5-6-15-10(8-16)7-14-13(15)12(9)11/h2-8H,1H3. The highest BCUT2D eigenvalue weighted by molar-refractivity contribution is 5.99. The normalized spacial score (nSPS) is 10.9. The molecule has 4 heteroatoms. The molecule has 0 aliphatic carbocycles. The van der Waals surface area contributed by atoms with Crippen molar-refractivity contribution in [2.45, 2.75) is 0 Å². The molecule has 2 heterocycles. The molecule has 0 radical (unpaired) electrons. The Kier molecular flexibility index (Phi) is 2.08. The highest BCUT2D eigenvalue weighted by atomic mass is 16.5. The molecule has 0 bridgehead atoms. The lowest BCUT2D eigenvalue weighted by atomic mass is 10.1. The lowest BCUT2D eigenvalue weighted by molar-refractivity contribution is 0.111. The molecule has 0 aliphatic heterocycles. The summed E-state index contributed by atoms with van der Waals surface area (Å²) in [6.07, 6.45) is 4.20. The van der Waals surface area contributed by atoms with E-state index in [1.165, 1.54) is 0 Å². The van der Waals surface area contributed by atoms with Crippen LogP contribution in [0.15, 0.2) is 36.7 Å². The number of carbonyl (C=O) groups is 1. The number of ether oxygens (including phenoxy) is 1. The van der Waals surface area contributed by atoms with E-state index in [1.807, 2.05) is 30.5 Å². The largest absolute Gasteiger partial charge is 0.496 e. The minimum atomic E-state index is 0.535. The first kappa shape index (κ1) is 9.84. The second kappa shape index (κ2) is 3.59. The number of methoxy groups -OCH3 is 1. The van der Waals surface area contributed by atoms with Crippen LogP contribution in [0, 0.1) is 0 Å². The summed E-state index contributed by atoms with van der Waals surface area (Å²) in [6.45, 7) is 0. The number of aldehydes is 1. The summed E-state index contributed by atoms with van der Waals surface area (Å²) >= 11 is 0. The summed E-state index contributed by atoms with van der Waals surface area (Å²) in [5.41, 5.74) is 1.27. The van der Waals surface area contributed by atoms with Gasteiger partial charge in [-0.3, -0.25) is 9.20 Å². The van der Waals surface area contributed by atoms with Gasteiger partial charge in [-0.25, -0.2) is 4.98 Å². The second-order valence-electron chi connectivity index (χ2n) is 3.73. The number of carbonyl (C=O) groups excluding carboxylic acids is 1. The first-order valence-electron chi connectivity index (χ1n) is 5.23. The maximum absolute atomic E-state index is 10.9. The van der Waals surface area contributed by atoms with Crippen LogP contribution in [0.5, 0.6) is 5.75 Å². The molecule has 0 atom stereocenters. The maximum atomic E-state index is 10.9. The van der Waals surface area contributed by atoms with Gasteiger partial charge >= 0.3 is 0 Å². The molecule has 2 aromatic heterocycles. The van der Waals surface area contributed by atoms with Gasteiger partial charge in [0, 0.05) is 6.20 Å². The number of nitrogens with zero attached hydrogens (tertiary/aromatic N) is 2. The van der Waals surface area contributed by atoms with Crippen molar-refractivity contribution in [1.29, 1.82) is 0 Å². The molecule has 0 saturated carbocycles. The zero-order chi connectivity index (χ0) is 11.8. The summed E-state index contributed by atoms with van der Waals surface area (Å²) in [5.74, 6) is 0.760. The topological polar surface area (TPSA) is 43.6 Å². The van der Waals surface area contributed by atoms with Crippen LogP contribution >= 0.6 is 0 Å². The van der Waals surface area contributed by atoms with Gasteiger partial charge in [-0.05, 0) is 17.5 Å². The monoisotopic (exact) mass is 226 g/mol. The quantitative estimate of drug-likeness (QED) is 0.630. The maximum Gasteiger partial charge on any atom is 0.168 e. The number of fused-ring (bicyclic) bond motifs is 3. The van der Waals surface area contributed by atoms with Gasteiger partial charge in [0.05, 0.1) is 18.7 Å². The molecular weight excluding hydrogens is 216 g/mol. The van der Waals surface area contributed by atoms with Gasteiger partial charge in [0.2, 0.25) is 0 Å². The second-order valence-corrected chi connectivity index (χ2v) is 3.73. The summed E-state index contributed by atoms with van der Waals surface area (Å²) in [6, 6.07) is 7.76. The van der Waals surface area contributed by atoms with Gasteiger partial charge in [-0.1, -0.05) is 12.1 Å². The van der Waals surface area contributed by atoms with Crippen molar-refractivity contribution in [3.8, 4) is 5.75 Å². The molecule has 0 fully saturated rings. The number of benzene rings is 1. The van der Waals surface area contributed by atoms with E-state index in [0.29, 0.717) is 5.69 Å².